The predicted octanol–water partition coefficient (Wildman–Crippen LogP) is 2.03. The second kappa shape index (κ2) is 6.04. The molecule has 0 fully saturated rings. The molecule has 1 N–H and O–H groups in total. The number of rotatable bonds is 5. The van der Waals surface area contributed by atoms with Crippen molar-refractivity contribution in [1.82, 2.24) is 5.32 Å². The lowest BCUT2D eigenvalue weighted by atomic mass is 10.2. The molecule has 2 rings (SSSR count). The quantitative estimate of drug-likeness (QED) is 0.895. The zero-order valence-corrected chi connectivity index (χ0v) is 12.8. The SMILES string of the molecule is CC(CNCc1cc2c(cc1Br)OCO2)S(C)=O. The van der Waals surface area contributed by atoms with Crippen LogP contribution in [0.5, 0.6) is 11.5 Å². The largest absolute Gasteiger partial charge is 0.454 e. The van der Waals surface area contributed by atoms with Crippen LogP contribution in [0.2, 0.25) is 0 Å². The van der Waals surface area contributed by atoms with Crippen molar-refractivity contribution in [2.75, 3.05) is 19.6 Å². The zero-order valence-electron chi connectivity index (χ0n) is 10.4. The first-order valence-electron chi connectivity index (χ1n) is 5.69. The molecular weight excluding hydrogens is 318 g/mol. The van der Waals surface area contributed by atoms with Gasteiger partial charge in [-0.3, -0.25) is 4.21 Å². The number of nitrogens with one attached hydrogen (secondary N) is 1. The third-order valence-corrected chi connectivity index (χ3v) is 4.89. The molecule has 2 unspecified atom stereocenters. The first-order valence-corrected chi connectivity index (χ1v) is 8.10. The van der Waals surface area contributed by atoms with Gasteiger partial charge in [0.15, 0.2) is 11.5 Å². The van der Waals surface area contributed by atoms with Gasteiger partial charge in [0.2, 0.25) is 6.79 Å². The smallest absolute Gasteiger partial charge is 0.231 e. The van der Waals surface area contributed by atoms with Crippen LogP contribution in [0.1, 0.15) is 12.5 Å². The summed E-state index contributed by atoms with van der Waals surface area (Å²) in [6.45, 7) is 3.69. The molecule has 1 aliphatic rings. The number of ether oxygens (including phenoxy) is 2. The average molecular weight is 334 g/mol. The minimum Gasteiger partial charge on any atom is -0.454 e. The van der Waals surface area contributed by atoms with Gasteiger partial charge in [-0.2, -0.15) is 0 Å². The van der Waals surface area contributed by atoms with Gasteiger partial charge in [0.25, 0.3) is 0 Å². The van der Waals surface area contributed by atoms with Gasteiger partial charge in [0.05, 0.1) is 0 Å². The second-order valence-corrected chi connectivity index (χ2v) is 6.89. The van der Waals surface area contributed by atoms with Crippen LogP contribution in [0.4, 0.5) is 0 Å². The van der Waals surface area contributed by atoms with E-state index in [1.165, 1.54) is 0 Å². The van der Waals surface area contributed by atoms with Crippen LogP contribution in [-0.2, 0) is 17.3 Å². The van der Waals surface area contributed by atoms with E-state index in [1.54, 1.807) is 6.26 Å². The number of hydrogen-bond acceptors (Lipinski definition) is 4. The summed E-state index contributed by atoms with van der Waals surface area (Å²) in [7, 11) is -0.792. The highest BCUT2D eigenvalue weighted by molar-refractivity contribution is 9.10. The maximum Gasteiger partial charge on any atom is 0.231 e. The van der Waals surface area contributed by atoms with Crippen LogP contribution >= 0.6 is 15.9 Å². The minimum absolute atomic E-state index is 0.151. The highest BCUT2D eigenvalue weighted by atomic mass is 79.9. The number of fused-ring (bicyclic) bond motifs is 1. The van der Waals surface area contributed by atoms with E-state index in [1.807, 2.05) is 19.1 Å². The molecule has 18 heavy (non-hydrogen) atoms. The molecule has 0 spiro atoms. The van der Waals surface area contributed by atoms with Gasteiger partial charge in [0, 0.05) is 39.9 Å². The fourth-order valence-corrected chi connectivity index (χ4v) is 2.44. The first kappa shape index (κ1) is 13.8. The van der Waals surface area contributed by atoms with Gasteiger partial charge in [-0.15, -0.1) is 0 Å². The Bertz CT molecular complexity index is 467. The minimum atomic E-state index is -0.792. The molecule has 0 aromatic heterocycles. The lowest BCUT2D eigenvalue weighted by Gasteiger charge is -2.11. The van der Waals surface area contributed by atoms with Gasteiger partial charge < -0.3 is 14.8 Å². The fourth-order valence-electron chi connectivity index (χ4n) is 1.62. The molecule has 0 radical (unpaired) electrons. The molecule has 0 amide bonds. The number of halogens is 1. The van der Waals surface area contributed by atoms with Crippen molar-refractivity contribution in [3.05, 3.63) is 22.2 Å². The average Bonchev–Trinajstić information content (AvgIpc) is 2.75. The normalized spacial score (nSPS) is 16.6. The van der Waals surface area contributed by atoms with Gasteiger partial charge in [-0.05, 0) is 24.6 Å². The van der Waals surface area contributed by atoms with E-state index in [9.17, 15) is 4.21 Å². The van der Waals surface area contributed by atoms with Crippen LogP contribution in [0.15, 0.2) is 16.6 Å². The third-order valence-electron chi connectivity index (χ3n) is 2.86. The Kier molecular flexibility index (Phi) is 4.64. The molecular formula is C12H16BrNO3S. The molecule has 4 nitrogen and oxygen atoms in total. The molecule has 1 aromatic rings. The lowest BCUT2D eigenvalue weighted by Crippen LogP contribution is -2.27. The summed E-state index contributed by atoms with van der Waals surface area (Å²) < 4.78 is 22.9. The van der Waals surface area contributed by atoms with Crippen molar-refractivity contribution in [3.63, 3.8) is 0 Å². The van der Waals surface area contributed by atoms with Gasteiger partial charge in [0.1, 0.15) is 0 Å². The van der Waals surface area contributed by atoms with Crippen molar-refractivity contribution in [2.24, 2.45) is 0 Å². The Balaban J connectivity index is 1.96. The van der Waals surface area contributed by atoms with Crippen molar-refractivity contribution in [2.45, 2.75) is 18.7 Å². The van der Waals surface area contributed by atoms with Crippen LogP contribution in [0.3, 0.4) is 0 Å². The Labute approximate surface area is 118 Å². The maximum atomic E-state index is 11.2. The Morgan fingerprint density at radius 3 is 2.78 bits per heavy atom. The summed E-state index contributed by atoms with van der Waals surface area (Å²) in [4.78, 5) is 0. The summed E-state index contributed by atoms with van der Waals surface area (Å²) in [6.07, 6.45) is 1.73. The Morgan fingerprint density at radius 2 is 2.11 bits per heavy atom. The van der Waals surface area contributed by atoms with Crippen LogP contribution in [0, 0.1) is 0 Å². The third kappa shape index (κ3) is 3.24. The predicted molar refractivity (Wildman–Crippen MR) is 75.5 cm³/mol. The van der Waals surface area contributed by atoms with Crippen molar-refractivity contribution in [3.8, 4) is 11.5 Å². The summed E-state index contributed by atoms with van der Waals surface area (Å²) in [5.74, 6) is 1.55. The molecule has 1 aromatic carbocycles. The lowest BCUT2D eigenvalue weighted by molar-refractivity contribution is 0.174. The van der Waals surface area contributed by atoms with Crippen LogP contribution in [0.25, 0.3) is 0 Å². The molecule has 6 heteroatoms. The fraction of sp³-hybridized carbons (Fsp3) is 0.500. The Hall–Kier alpha value is -0.590. The van der Waals surface area contributed by atoms with Crippen LogP contribution < -0.4 is 14.8 Å². The molecule has 0 aliphatic carbocycles. The number of hydrogen-bond donors (Lipinski definition) is 1. The molecule has 0 saturated heterocycles. The second-order valence-electron chi connectivity index (χ2n) is 4.24. The Morgan fingerprint density at radius 1 is 1.44 bits per heavy atom. The van der Waals surface area contributed by atoms with Crippen LogP contribution in [-0.4, -0.2) is 29.1 Å². The molecule has 2 atom stereocenters. The molecule has 0 saturated carbocycles. The van der Waals surface area contributed by atoms with E-state index < -0.39 is 10.8 Å². The van der Waals surface area contributed by atoms with E-state index in [0.29, 0.717) is 6.54 Å². The van der Waals surface area contributed by atoms with Gasteiger partial charge >= 0.3 is 0 Å². The highest BCUT2D eigenvalue weighted by Gasteiger charge is 2.16. The number of benzene rings is 1. The van der Waals surface area contributed by atoms with E-state index in [-0.39, 0.29) is 12.0 Å². The standard InChI is InChI=1S/C12H16BrNO3S/c1-8(18(2)15)5-14-6-9-3-11-12(4-10(9)13)17-7-16-11/h3-4,8,14H,5-7H2,1-2H3. The van der Waals surface area contributed by atoms with Crippen molar-refractivity contribution >= 4 is 26.7 Å². The van der Waals surface area contributed by atoms with E-state index in [0.717, 1.165) is 28.1 Å². The summed E-state index contributed by atoms with van der Waals surface area (Å²) in [5.41, 5.74) is 1.10. The van der Waals surface area contributed by atoms with E-state index in [4.69, 9.17) is 9.47 Å². The molecule has 0 bridgehead atoms. The monoisotopic (exact) mass is 333 g/mol. The zero-order chi connectivity index (χ0) is 13.1. The molecule has 100 valence electrons. The first-order chi connectivity index (χ1) is 8.58. The van der Waals surface area contributed by atoms with E-state index >= 15 is 0 Å². The van der Waals surface area contributed by atoms with Crippen molar-refractivity contribution in [1.29, 1.82) is 0 Å². The maximum absolute atomic E-state index is 11.2. The van der Waals surface area contributed by atoms with Gasteiger partial charge in [-0.25, -0.2) is 0 Å². The molecule has 1 aliphatic heterocycles. The topological polar surface area (TPSA) is 47.6 Å². The highest BCUT2D eigenvalue weighted by Crippen LogP contribution is 2.36. The van der Waals surface area contributed by atoms with Crippen molar-refractivity contribution < 1.29 is 13.7 Å². The van der Waals surface area contributed by atoms with E-state index in [2.05, 4.69) is 21.2 Å². The summed E-state index contributed by atoms with van der Waals surface area (Å²) in [5, 5.41) is 3.45. The van der Waals surface area contributed by atoms with Gasteiger partial charge in [-0.1, -0.05) is 15.9 Å². The summed E-state index contributed by atoms with van der Waals surface area (Å²) in [6, 6.07) is 3.88. The molecule has 1 heterocycles. The summed E-state index contributed by atoms with van der Waals surface area (Å²) >= 11 is 3.51.